The first-order valence-corrected chi connectivity index (χ1v) is 7.48. The van der Waals surface area contributed by atoms with E-state index in [-0.39, 0.29) is 11.4 Å². The van der Waals surface area contributed by atoms with E-state index in [1.54, 1.807) is 0 Å². The number of piperazine rings is 1. The Morgan fingerprint density at radius 1 is 1.38 bits per heavy atom. The Hall–Kier alpha value is -1.59. The molecule has 5 nitrogen and oxygen atoms in total. The molecule has 5 heteroatoms. The van der Waals surface area contributed by atoms with E-state index in [0.717, 1.165) is 25.4 Å². The number of benzene rings is 1. The minimum atomic E-state index is 0.0239. The number of carbonyl (C=O) groups is 1. The maximum absolute atomic E-state index is 12.0. The molecule has 1 aromatic rings. The van der Waals surface area contributed by atoms with Crippen molar-refractivity contribution in [1.82, 2.24) is 15.5 Å². The molecule has 2 rings (SSSR count). The predicted octanol–water partition coefficient (Wildman–Crippen LogP) is 0.865. The number of hydrogen-bond acceptors (Lipinski definition) is 4. The zero-order valence-electron chi connectivity index (χ0n) is 12.9. The van der Waals surface area contributed by atoms with Crippen molar-refractivity contribution in [2.75, 3.05) is 39.3 Å². The van der Waals surface area contributed by atoms with E-state index < -0.39 is 0 Å². The van der Waals surface area contributed by atoms with Crippen LogP contribution in [0.1, 0.15) is 13.8 Å². The lowest BCUT2D eigenvalue weighted by molar-refractivity contribution is -0.124. The van der Waals surface area contributed by atoms with Gasteiger partial charge in [0.15, 0.2) is 0 Å². The molecule has 1 fully saturated rings. The van der Waals surface area contributed by atoms with Gasteiger partial charge in [-0.25, -0.2) is 0 Å². The van der Waals surface area contributed by atoms with Crippen LogP contribution in [-0.4, -0.2) is 55.7 Å². The van der Waals surface area contributed by atoms with Crippen LogP contribution < -0.4 is 15.4 Å². The van der Waals surface area contributed by atoms with Crippen LogP contribution in [0, 0.1) is 0 Å². The number of para-hydroxylation sites is 1. The van der Waals surface area contributed by atoms with Crippen molar-refractivity contribution >= 4 is 5.91 Å². The SMILES string of the molecule is CC1(C)CNCCN1CC(=O)NCCOc1ccccc1. The highest BCUT2D eigenvalue weighted by Crippen LogP contribution is 2.15. The lowest BCUT2D eigenvalue weighted by Gasteiger charge is -2.42. The molecule has 0 spiro atoms. The van der Waals surface area contributed by atoms with Gasteiger partial charge < -0.3 is 15.4 Å². The second kappa shape index (κ2) is 7.43. The fourth-order valence-electron chi connectivity index (χ4n) is 2.42. The van der Waals surface area contributed by atoms with E-state index in [1.165, 1.54) is 0 Å². The smallest absolute Gasteiger partial charge is 0.234 e. The molecule has 116 valence electrons. The molecule has 2 N–H and O–H groups in total. The fraction of sp³-hybridized carbons (Fsp3) is 0.562. The van der Waals surface area contributed by atoms with E-state index >= 15 is 0 Å². The molecule has 0 atom stereocenters. The standard InChI is InChI=1S/C16H25N3O2/c1-16(2)13-17-8-10-19(16)12-15(20)18-9-11-21-14-6-4-3-5-7-14/h3-7,17H,8-13H2,1-2H3,(H,18,20). The second-order valence-corrected chi connectivity index (χ2v) is 5.92. The minimum Gasteiger partial charge on any atom is -0.492 e. The monoisotopic (exact) mass is 291 g/mol. The molecule has 1 amide bonds. The van der Waals surface area contributed by atoms with Gasteiger partial charge in [0.1, 0.15) is 12.4 Å². The summed E-state index contributed by atoms with van der Waals surface area (Å²) in [5.41, 5.74) is 0.0239. The van der Waals surface area contributed by atoms with Gasteiger partial charge in [-0.2, -0.15) is 0 Å². The highest BCUT2D eigenvalue weighted by molar-refractivity contribution is 5.78. The molecule has 1 aliphatic heterocycles. The first-order chi connectivity index (χ1) is 10.1. The van der Waals surface area contributed by atoms with Gasteiger partial charge in [0, 0.05) is 25.2 Å². The van der Waals surface area contributed by atoms with Crippen LogP contribution in [-0.2, 0) is 4.79 Å². The van der Waals surface area contributed by atoms with E-state index in [1.807, 2.05) is 30.3 Å². The van der Waals surface area contributed by atoms with Gasteiger partial charge in [-0.1, -0.05) is 18.2 Å². The Morgan fingerprint density at radius 2 is 2.14 bits per heavy atom. The van der Waals surface area contributed by atoms with Crippen molar-refractivity contribution in [2.45, 2.75) is 19.4 Å². The maximum atomic E-state index is 12.0. The molecule has 1 saturated heterocycles. The van der Waals surface area contributed by atoms with E-state index in [2.05, 4.69) is 29.4 Å². The Labute approximate surface area is 126 Å². The third kappa shape index (κ3) is 5.02. The summed E-state index contributed by atoms with van der Waals surface area (Å²) in [5, 5.41) is 6.27. The van der Waals surface area contributed by atoms with Crippen LogP contribution in [0.15, 0.2) is 30.3 Å². The highest BCUT2D eigenvalue weighted by Gasteiger charge is 2.30. The first-order valence-electron chi connectivity index (χ1n) is 7.48. The zero-order valence-corrected chi connectivity index (χ0v) is 12.9. The molecule has 1 heterocycles. The van der Waals surface area contributed by atoms with Crippen LogP contribution in [0.2, 0.25) is 0 Å². The third-order valence-electron chi connectivity index (χ3n) is 3.74. The van der Waals surface area contributed by atoms with E-state index in [9.17, 15) is 4.79 Å². The zero-order chi connectivity index (χ0) is 15.1. The Balaban J connectivity index is 1.65. The van der Waals surface area contributed by atoms with Crippen molar-refractivity contribution in [3.8, 4) is 5.75 Å². The molecule has 0 aliphatic carbocycles. The number of rotatable bonds is 6. The van der Waals surface area contributed by atoms with Gasteiger partial charge in [0.25, 0.3) is 0 Å². The van der Waals surface area contributed by atoms with Gasteiger partial charge in [0.05, 0.1) is 13.1 Å². The number of hydrogen-bond donors (Lipinski definition) is 2. The molecule has 0 radical (unpaired) electrons. The molecule has 1 aliphatic rings. The maximum Gasteiger partial charge on any atom is 0.234 e. The lowest BCUT2D eigenvalue weighted by atomic mass is 10.0. The molecular weight excluding hydrogens is 266 g/mol. The Bertz CT molecular complexity index is 448. The van der Waals surface area contributed by atoms with Crippen molar-refractivity contribution in [3.05, 3.63) is 30.3 Å². The van der Waals surface area contributed by atoms with Crippen molar-refractivity contribution in [3.63, 3.8) is 0 Å². The summed E-state index contributed by atoms with van der Waals surface area (Å²) in [6.45, 7) is 8.53. The molecule has 21 heavy (non-hydrogen) atoms. The lowest BCUT2D eigenvalue weighted by Crippen LogP contribution is -2.59. The summed E-state index contributed by atoms with van der Waals surface area (Å²) in [7, 11) is 0. The van der Waals surface area contributed by atoms with Crippen LogP contribution in [0.3, 0.4) is 0 Å². The number of carbonyl (C=O) groups excluding carboxylic acids is 1. The van der Waals surface area contributed by atoms with Crippen LogP contribution in [0.5, 0.6) is 5.75 Å². The summed E-state index contributed by atoms with van der Waals surface area (Å²) < 4.78 is 5.55. The van der Waals surface area contributed by atoms with Crippen molar-refractivity contribution < 1.29 is 9.53 Å². The van der Waals surface area contributed by atoms with Crippen LogP contribution in [0.4, 0.5) is 0 Å². The first kappa shape index (κ1) is 15.8. The number of nitrogens with one attached hydrogen (secondary N) is 2. The summed E-state index contributed by atoms with van der Waals surface area (Å²) in [6, 6.07) is 9.63. The normalized spacial score (nSPS) is 18.2. The quantitative estimate of drug-likeness (QED) is 0.764. The van der Waals surface area contributed by atoms with Gasteiger partial charge in [-0.05, 0) is 26.0 Å². The molecule has 0 aromatic heterocycles. The van der Waals surface area contributed by atoms with Crippen molar-refractivity contribution in [2.24, 2.45) is 0 Å². The largest absolute Gasteiger partial charge is 0.492 e. The molecule has 0 unspecified atom stereocenters. The van der Waals surface area contributed by atoms with Gasteiger partial charge in [0.2, 0.25) is 5.91 Å². The fourth-order valence-corrected chi connectivity index (χ4v) is 2.42. The number of amides is 1. The molecule has 0 bridgehead atoms. The van der Waals surface area contributed by atoms with Gasteiger partial charge in [-0.15, -0.1) is 0 Å². The minimum absolute atomic E-state index is 0.0239. The van der Waals surface area contributed by atoms with Gasteiger partial charge in [-0.3, -0.25) is 9.69 Å². The molecule has 1 aromatic carbocycles. The topological polar surface area (TPSA) is 53.6 Å². The van der Waals surface area contributed by atoms with Gasteiger partial charge >= 0.3 is 0 Å². The number of ether oxygens (including phenoxy) is 1. The van der Waals surface area contributed by atoms with Crippen LogP contribution in [0.25, 0.3) is 0 Å². The summed E-state index contributed by atoms with van der Waals surface area (Å²) in [6.07, 6.45) is 0. The average Bonchev–Trinajstić information content (AvgIpc) is 2.47. The molecular formula is C16H25N3O2. The second-order valence-electron chi connectivity index (χ2n) is 5.92. The third-order valence-corrected chi connectivity index (χ3v) is 3.74. The summed E-state index contributed by atoms with van der Waals surface area (Å²) in [4.78, 5) is 14.2. The molecule has 0 saturated carbocycles. The Morgan fingerprint density at radius 3 is 2.86 bits per heavy atom. The highest BCUT2D eigenvalue weighted by atomic mass is 16.5. The number of nitrogens with zero attached hydrogens (tertiary/aromatic N) is 1. The van der Waals surface area contributed by atoms with E-state index in [0.29, 0.717) is 19.7 Å². The predicted molar refractivity (Wildman–Crippen MR) is 83.5 cm³/mol. The Kier molecular flexibility index (Phi) is 5.59. The summed E-state index contributed by atoms with van der Waals surface area (Å²) in [5.74, 6) is 0.886. The average molecular weight is 291 g/mol. The summed E-state index contributed by atoms with van der Waals surface area (Å²) >= 11 is 0. The van der Waals surface area contributed by atoms with Crippen molar-refractivity contribution in [1.29, 1.82) is 0 Å². The van der Waals surface area contributed by atoms with E-state index in [4.69, 9.17) is 4.74 Å². The van der Waals surface area contributed by atoms with Crippen LogP contribution >= 0.6 is 0 Å².